The average Bonchev–Trinajstić information content (AvgIpc) is 2.10. The molecule has 0 N–H and O–H groups in total. The summed E-state index contributed by atoms with van der Waals surface area (Å²) in [6.07, 6.45) is 3.00. The number of nitrogens with zero attached hydrogens (tertiary/aromatic N) is 1. The van der Waals surface area contributed by atoms with Crippen molar-refractivity contribution in [3.63, 3.8) is 0 Å². The molecule has 0 bridgehead atoms. The third-order valence-electron chi connectivity index (χ3n) is 2.09. The summed E-state index contributed by atoms with van der Waals surface area (Å²) in [5.41, 5.74) is 0. The number of nitriles is 1. The van der Waals surface area contributed by atoms with Gasteiger partial charge in [-0.25, -0.2) is 8.78 Å². The summed E-state index contributed by atoms with van der Waals surface area (Å²) in [6.45, 7) is 2.11. The summed E-state index contributed by atoms with van der Waals surface area (Å²) in [6, 6.07) is 1.64. The van der Waals surface area contributed by atoms with Crippen molar-refractivity contribution >= 4 is 0 Å². The SMILES string of the molecule is CCCCCCCC(C#N)C(F)F. The lowest BCUT2D eigenvalue weighted by Gasteiger charge is -2.06. The van der Waals surface area contributed by atoms with Crippen molar-refractivity contribution in [3.05, 3.63) is 0 Å². The third-order valence-corrected chi connectivity index (χ3v) is 2.09. The molecule has 0 radical (unpaired) electrons. The molecule has 0 amide bonds. The maximum absolute atomic E-state index is 12.1. The van der Waals surface area contributed by atoms with Gasteiger partial charge in [0.05, 0.1) is 6.07 Å². The largest absolute Gasteiger partial charge is 0.254 e. The molecule has 76 valence electrons. The average molecular weight is 189 g/mol. The fraction of sp³-hybridized carbons (Fsp3) is 0.900. The van der Waals surface area contributed by atoms with Crippen molar-refractivity contribution in [3.8, 4) is 6.07 Å². The van der Waals surface area contributed by atoms with Gasteiger partial charge in [-0.15, -0.1) is 0 Å². The quantitative estimate of drug-likeness (QED) is 0.559. The Labute approximate surface area is 78.7 Å². The maximum atomic E-state index is 12.1. The lowest BCUT2D eigenvalue weighted by atomic mass is 10.0. The Morgan fingerprint density at radius 2 is 1.77 bits per heavy atom. The summed E-state index contributed by atoms with van der Waals surface area (Å²) < 4.78 is 24.1. The molecule has 1 unspecified atom stereocenters. The minimum atomic E-state index is -2.48. The second-order valence-electron chi connectivity index (χ2n) is 3.27. The van der Waals surface area contributed by atoms with Gasteiger partial charge < -0.3 is 0 Å². The molecule has 0 spiro atoms. The standard InChI is InChI=1S/C10H17F2N/c1-2-3-4-5-6-7-9(8-13)10(11)12/h9-10H,2-7H2,1H3. The highest BCUT2D eigenvalue weighted by Crippen LogP contribution is 2.17. The molecule has 0 rings (SSSR count). The van der Waals surface area contributed by atoms with Crippen LogP contribution in [0.4, 0.5) is 8.78 Å². The Kier molecular flexibility index (Phi) is 7.57. The van der Waals surface area contributed by atoms with Gasteiger partial charge >= 0.3 is 0 Å². The first-order chi connectivity index (χ1) is 6.22. The summed E-state index contributed by atoms with van der Waals surface area (Å²) in [5, 5.41) is 8.37. The minimum Gasteiger partial charge on any atom is -0.209 e. The number of rotatable bonds is 7. The lowest BCUT2D eigenvalue weighted by Crippen LogP contribution is -2.08. The first-order valence-corrected chi connectivity index (χ1v) is 4.90. The van der Waals surface area contributed by atoms with Crippen molar-refractivity contribution in [2.45, 2.75) is 51.9 Å². The van der Waals surface area contributed by atoms with Crippen molar-refractivity contribution in [1.82, 2.24) is 0 Å². The first kappa shape index (κ1) is 12.3. The molecule has 1 nitrogen and oxygen atoms in total. The summed E-state index contributed by atoms with van der Waals surface area (Å²) in [7, 11) is 0. The molecule has 0 fully saturated rings. The van der Waals surface area contributed by atoms with E-state index in [-0.39, 0.29) is 0 Å². The van der Waals surface area contributed by atoms with Crippen LogP contribution < -0.4 is 0 Å². The van der Waals surface area contributed by atoms with E-state index in [1.54, 1.807) is 6.07 Å². The van der Waals surface area contributed by atoms with E-state index in [4.69, 9.17) is 5.26 Å². The van der Waals surface area contributed by atoms with E-state index in [9.17, 15) is 8.78 Å². The van der Waals surface area contributed by atoms with E-state index in [0.717, 1.165) is 32.1 Å². The van der Waals surface area contributed by atoms with Crippen LogP contribution in [0.25, 0.3) is 0 Å². The van der Waals surface area contributed by atoms with Gasteiger partial charge in [-0.05, 0) is 6.42 Å². The molecule has 0 aliphatic rings. The number of hydrogen-bond acceptors (Lipinski definition) is 1. The number of halogens is 2. The van der Waals surface area contributed by atoms with Gasteiger partial charge in [-0.1, -0.05) is 39.0 Å². The number of alkyl halides is 2. The second-order valence-corrected chi connectivity index (χ2v) is 3.27. The smallest absolute Gasteiger partial charge is 0.209 e. The van der Waals surface area contributed by atoms with Crippen LogP contribution in [0, 0.1) is 17.2 Å². The first-order valence-electron chi connectivity index (χ1n) is 4.90. The molecule has 0 aromatic heterocycles. The topological polar surface area (TPSA) is 23.8 Å². The van der Waals surface area contributed by atoms with E-state index in [2.05, 4.69) is 6.92 Å². The fourth-order valence-electron chi connectivity index (χ4n) is 1.21. The summed E-state index contributed by atoms with van der Waals surface area (Å²) >= 11 is 0. The Bertz CT molecular complexity index is 151. The van der Waals surface area contributed by atoms with Crippen LogP contribution in [0.3, 0.4) is 0 Å². The predicted molar refractivity (Wildman–Crippen MR) is 48.5 cm³/mol. The zero-order valence-electron chi connectivity index (χ0n) is 8.10. The molecular weight excluding hydrogens is 172 g/mol. The van der Waals surface area contributed by atoms with Crippen LogP contribution in [-0.2, 0) is 0 Å². The van der Waals surface area contributed by atoms with Crippen LogP contribution in [0.5, 0.6) is 0 Å². The Morgan fingerprint density at radius 1 is 1.15 bits per heavy atom. The van der Waals surface area contributed by atoms with Gasteiger partial charge in [0, 0.05) is 0 Å². The zero-order chi connectivity index (χ0) is 10.1. The van der Waals surface area contributed by atoms with Gasteiger partial charge in [0.2, 0.25) is 0 Å². The van der Waals surface area contributed by atoms with E-state index in [1.807, 2.05) is 0 Å². The predicted octanol–water partition coefficient (Wildman–Crippen LogP) is 3.75. The highest BCUT2D eigenvalue weighted by atomic mass is 19.3. The van der Waals surface area contributed by atoms with E-state index >= 15 is 0 Å². The number of hydrogen-bond donors (Lipinski definition) is 0. The normalized spacial score (nSPS) is 12.8. The fourth-order valence-corrected chi connectivity index (χ4v) is 1.21. The molecule has 1 atom stereocenters. The molecule has 0 aromatic rings. The van der Waals surface area contributed by atoms with Crippen LogP contribution in [0.1, 0.15) is 45.4 Å². The van der Waals surface area contributed by atoms with Crippen LogP contribution in [0.15, 0.2) is 0 Å². The molecule has 0 saturated heterocycles. The second kappa shape index (κ2) is 7.97. The van der Waals surface area contributed by atoms with Gasteiger partial charge in [0.1, 0.15) is 5.92 Å². The van der Waals surface area contributed by atoms with Crippen LogP contribution in [-0.4, -0.2) is 6.43 Å². The molecule has 0 aromatic carbocycles. The molecule has 0 aliphatic heterocycles. The molecule has 3 heteroatoms. The van der Waals surface area contributed by atoms with E-state index in [1.165, 1.54) is 0 Å². The van der Waals surface area contributed by atoms with E-state index < -0.39 is 12.3 Å². The van der Waals surface area contributed by atoms with E-state index in [0.29, 0.717) is 6.42 Å². The molecule has 0 aliphatic carbocycles. The van der Waals surface area contributed by atoms with Crippen molar-refractivity contribution in [2.75, 3.05) is 0 Å². The van der Waals surface area contributed by atoms with Gasteiger partial charge in [-0.2, -0.15) is 5.26 Å². The molecule has 13 heavy (non-hydrogen) atoms. The van der Waals surface area contributed by atoms with Crippen LogP contribution >= 0.6 is 0 Å². The van der Waals surface area contributed by atoms with Gasteiger partial charge in [-0.3, -0.25) is 0 Å². The molecular formula is C10H17F2N. The Balaban J connectivity index is 3.35. The highest BCUT2D eigenvalue weighted by Gasteiger charge is 2.18. The Hall–Kier alpha value is -0.650. The van der Waals surface area contributed by atoms with Crippen molar-refractivity contribution < 1.29 is 8.78 Å². The molecule has 0 saturated carbocycles. The third kappa shape index (κ3) is 6.51. The van der Waals surface area contributed by atoms with Gasteiger partial charge in [0.25, 0.3) is 6.43 Å². The van der Waals surface area contributed by atoms with Gasteiger partial charge in [0.15, 0.2) is 0 Å². The summed E-state index contributed by atoms with van der Waals surface area (Å²) in [4.78, 5) is 0. The zero-order valence-corrected chi connectivity index (χ0v) is 8.10. The highest BCUT2D eigenvalue weighted by molar-refractivity contribution is 4.84. The number of unbranched alkanes of at least 4 members (excludes halogenated alkanes) is 4. The summed E-state index contributed by atoms with van der Waals surface area (Å²) in [5.74, 6) is -1.05. The monoisotopic (exact) mass is 189 g/mol. The molecule has 0 heterocycles. The van der Waals surface area contributed by atoms with Crippen LogP contribution in [0.2, 0.25) is 0 Å². The van der Waals surface area contributed by atoms with Crippen molar-refractivity contribution in [2.24, 2.45) is 5.92 Å². The minimum absolute atomic E-state index is 0.345. The maximum Gasteiger partial charge on any atom is 0.254 e. The Morgan fingerprint density at radius 3 is 2.23 bits per heavy atom. The van der Waals surface area contributed by atoms with Crippen molar-refractivity contribution in [1.29, 1.82) is 5.26 Å². The lowest BCUT2D eigenvalue weighted by molar-refractivity contribution is 0.0979.